The summed E-state index contributed by atoms with van der Waals surface area (Å²) in [5.41, 5.74) is 5.13. The first-order chi connectivity index (χ1) is 19.6. The molecule has 4 atom stereocenters. The van der Waals surface area contributed by atoms with E-state index in [0.29, 0.717) is 35.5 Å². The third-order valence-electron chi connectivity index (χ3n) is 8.25. The summed E-state index contributed by atoms with van der Waals surface area (Å²) in [7, 11) is 0. The van der Waals surface area contributed by atoms with Gasteiger partial charge in [0.05, 0.1) is 12.6 Å². The molecule has 4 rings (SSSR count). The first kappa shape index (κ1) is 32.2. The molecule has 0 radical (unpaired) electrons. The van der Waals surface area contributed by atoms with Crippen LogP contribution in [0.15, 0.2) is 53.6 Å². The SMILES string of the molecule is C=C(/C=C\C=C(\Cl)CF)[C@H]1[C@H](C(=O)NC2CC(C)(OC(=O)CN)C2)N[C@H](CC(C)(C)C)[C@]12C(=O)Nc1cc(Cl)ccc12. The molecular formula is C31H39Cl2FN4O4. The van der Waals surface area contributed by atoms with E-state index in [4.69, 9.17) is 33.7 Å². The third-order valence-corrected chi connectivity index (χ3v) is 8.71. The van der Waals surface area contributed by atoms with Gasteiger partial charge in [-0.1, -0.05) is 68.8 Å². The zero-order valence-corrected chi connectivity index (χ0v) is 25.9. The number of nitrogens with two attached hydrogens (primary N) is 1. The molecule has 42 heavy (non-hydrogen) atoms. The van der Waals surface area contributed by atoms with Crippen molar-refractivity contribution < 1.29 is 23.5 Å². The van der Waals surface area contributed by atoms with Crippen LogP contribution in [0.1, 0.15) is 52.5 Å². The highest BCUT2D eigenvalue weighted by molar-refractivity contribution is 6.31. The maximum Gasteiger partial charge on any atom is 0.320 e. The number of carbonyl (C=O) groups excluding carboxylic acids is 3. The molecule has 1 aliphatic carbocycles. The van der Waals surface area contributed by atoms with Crippen LogP contribution in [0.25, 0.3) is 0 Å². The minimum atomic E-state index is -1.19. The molecular weight excluding hydrogens is 582 g/mol. The van der Waals surface area contributed by atoms with Crippen LogP contribution in [-0.4, -0.2) is 54.7 Å². The Bertz CT molecular complexity index is 1330. The number of esters is 1. The van der Waals surface area contributed by atoms with Gasteiger partial charge in [0, 0.05) is 46.6 Å². The number of rotatable bonds is 9. The fraction of sp³-hybridized carbons (Fsp3) is 0.516. The Balaban J connectivity index is 1.74. The van der Waals surface area contributed by atoms with Crippen molar-refractivity contribution in [3.8, 4) is 0 Å². The number of hydrogen-bond donors (Lipinski definition) is 4. The van der Waals surface area contributed by atoms with Crippen LogP contribution in [0.5, 0.6) is 0 Å². The van der Waals surface area contributed by atoms with E-state index in [0.717, 1.165) is 5.56 Å². The molecule has 11 heteroatoms. The van der Waals surface area contributed by atoms with Gasteiger partial charge in [-0.05, 0) is 48.1 Å². The second-order valence-corrected chi connectivity index (χ2v) is 13.8. The number of benzene rings is 1. The van der Waals surface area contributed by atoms with Crippen molar-refractivity contribution in [1.82, 2.24) is 10.6 Å². The second kappa shape index (κ2) is 12.1. The Morgan fingerprint density at radius 1 is 1.31 bits per heavy atom. The fourth-order valence-corrected chi connectivity index (χ4v) is 6.92. The number of allylic oxidation sites excluding steroid dienone is 4. The number of nitrogens with one attached hydrogen (secondary N) is 3. The Morgan fingerprint density at radius 3 is 2.62 bits per heavy atom. The molecule has 3 aliphatic rings. The van der Waals surface area contributed by atoms with E-state index >= 15 is 0 Å². The van der Waals surface area contributed by atoms with Gasteiger partial charge < -0.3 is 26.4 Å². The summed E-state index contributed by atoms with van der Waals surface area (Å²) in [5, 5.41) is 10.1. The summed E-state index contributed by atoms with van der Waals surface area (Å²) >= 11 is 12.2. The van der Waals surface area contributed by atoms with Gasteiger partial charge in [0.15, 0.2) is 0 Å². The summed E-state index contributed by atoms with van der Waals surface area (Å²) < 4.78 is 18.4. The Kier molecular flexibility index (Phi) is 9.28. The molecule has 2 heterocycles. The molecule has 1 saturated heterocycles. The highest BCUT2D eigenvalue weighted by atomic mass is 35.5. The zero-order chi connectivity index (χ0) is 31.0. The van der Waals surface area contributed by atoms with E-state index in [1.807, 2.05) is 13.0 Å². The molecule has 1 aromatic rings. The number of anilines is 1. The lowest BCUT2D eigenvalue weighted by atomic mass is 9.62. The predicted molar refractivity (Wildman–Crippen MR) is 163 cm³/mol. The van der Waals surface area contributed by atoms with Crippen LogP contribution in [0, 0.1) is 11.3 Å². The highest BCUT2D eigenvalue weighted by Gasteiger charge is 2.66. The minimum absolute atomic E-state index is 0.0141. The van der Waals surface area contributed by atoms with Crippen LogP contribution < -0.4 is 21.7 Å². The normalized spacial score (nSPS) is 30.7. The van der Waals surface area contributed by atoms with Gasteiger partial charge in [-0.3, -0.25) is 14.4 Å². The molecule has 2 aliphatic heterocycles. The van der Waals surface area contributed by atoms with E-state index in [1.165, 1.54) is 6.08 Å². The summed E-state index contributed by atoms with van der Waals surface area (Å²) in [5.74, 6) is -1.75. The molecule has 8 nitrogen and oxygen atoms in total. The Morgan fingerprint density at radius 2 is 2.00 bits per heavy atom. The molecule has 0 bridgehead atoms. The van der Waals surface area contributed by atoms with E-state index in [1.54, 1.807) is 24.3 Å². The average molecular weight is 622 g/mol. The standard InChI is InChI=1S/C31H39Cl2FN4O4/c1-17(7-6-8-19(33)15-34)25-26(27(40)36-20-12-30(5,13-20)42-24(39)16-35)38-23(14-29(2,3)4)31(25)21-10-9-18(32)11-22(21)37-28(31)41/h6-11,20,23,25-26,38H,1,12-16,35H2,2-5H3,(H,36,40)(H,37,41)/b7-6-,19-8+/t20?,23-,25+,26-,30?,31+/m1/s1. The van der Waals surface area contributed by atoms with E-state index in [9.17, 15) is 18.8 Å². The van der Waals surface area contributed by atoms with Crippen LogP contribution in [0.3, 0.4) is 0 Å². The summed E-state index contributed by atoms with van der Waals surface area (Å²) in [6.07, 6.45) is 6.11. The summed E-state index contributed by atoms with van der Waals surface area (Å²) in [6.45, 7) is 11.3. The van der Waals surface area contributed by atoms with Crippen molar-refractivity contribution in [1.29, 1.82) is 0 Å². The van der Waals surface area contributed by atoms with E-state index in [-0.39, 0.29) is 34.8 Å². The molecule has 2 fully saturated rings. The Hall–Kier alpha value is -2.72. The minimum Gasteiger partial charge on any atom is -0.458 e. The van der Waals surface area contributed by atoms with Crippen LogP contribution in [0.4, 0.5) is 10.1 Å². The molecule has 1 aromatic carbocycles. The molecule has 1 saturated carbocycles. The van der Waals surface area contributed by atoms with Crippen molar-refractivity contribution in [2.75, 3.05) is 18.5 Å². The number of fused-ring (bicyclic) bond motifs is 2. The zero-order valence-electron chi connectivity index (χ0n) is 24.4. The van der Waals surface area contributed by atoms with Crippen molar-refractivity contribution in [3.05, 3.63) is 64.2 Å². The van der Waals surface area contributed by atoms with Gasteiger partial charge in [0.2, 0.25) is 11.8 Å². The fourth-order valence-electron chi connectivity index (χ4n) is 6.67. The van der Waals surface area contributed by atoms with Gasteiger partial charge in [0.1, 0.15) is 17.7 Å². The number of amides is 2. The van der Waals surface area contributed by atoms with Crippen molar-refractivity contribution >= 4 is 46.7 Å². The number of ether oxygens (including phenoxy) is 1. The summed E-state index contributed by atoms with van der Waals surface area (Å²) in [6, 6.07) is 3.78. The smallest absolute Gasteiger partial charge is 0.320 e. The van der Waals surface area contributed by atoms with E-state index < -0.39 is 41.7 Å². The number of carbonyl (C=O) groups is 3. The monoisotopic (exact) mass is 620 g/mol. The van der Waals surface area contributed by atoms with Crippen molar-refractivity contribution in [2.24, 2.45) is 17.1 Å². The highest BCUT2D eigenvalue weighted by Crippen LogP contribution is 2.55. The topological polar surface area (TPSA) is 123 Å². The van der Waals surface area contributed by atoms with Gasteiger partial charge in [-0.15, -0.1) is 0 Å². The number of alkyl halides is 1. The molecule has 2 amide bonds. The first-order valence-electron chi connectivity index (χ1n) is 14.0. The third kappa shape index (κ3) is 6.30. The van der Waals surface area contributed by atoms with Crippen molar-refractivity contribution in [3.63, 3.8) is 0 Å². The quantitative estimate of drug-likeness (QED) is 0.235. The predicted octanol–water partition coefficient (Wildman–Crippen LogP) is 4.67. The maximum atomic E-state index is 14.1. The summed E-state index contributed by atoms with van der Waals surface area (Å²) in [4.78, 5) is 39.9. The van der Waals surface area contributed by atoms with Crippen LogP contribution in [0.2, 0.25) is 5.02 Å². The van der Waals surface area contributed by atoms with Crippen molar-refractivity contribution in [2.45, 2.75) is 76.1 Å². The van der Waals surface area contributed by atoms with Gasteiger partial charge >= 0.3 is 5.97 Å². The van der Waals surface area contributed by atoms with Gasteiger partial charge in [-0.25, -0.2) is 4.39 Å². The lowest BCUT2D eigenvalue weighted by Gasteiger charge is -2.44. The molecule has 228 valence electrons. The number of hydrogen-bond acceptors (Lipinski definition) is 6. The lowest BCUT2D eigenvalue weighted by molar-refractivity contribution is -0.167. The Labute approximate surface area is 256 Å². The average Bonchev–Trinajstić information content (AvgIpc) is 3.36. The van der Waals surface area contributed by atoms with Gasteiger partial charge in [-0.2, -0.15) is 0 Å². The first-order valence-corrected chi connectivity index (χ1v) is 14.8. The molecule has 1 spiro atoms. The largest absolute Gasteiger partial charge is 0.458 e. The second-order valence-electron chi connectivity index (χ2n) is 12.9. The molecule has 5 N–H and O–H groups in total. The maximum absolute atomic E-state index is 14.1. The molecule has 0 unspecified atom stereocenters. The number of halogens is 3. The van der Waals surface area contributed by atoms with Gasteiger partial charge in [0.25, 0.3) is 0 Å². The lowest BCUT2D eigenvalue weighted by Crippen LogP contribution is -2.59. The van der Waals surface area contributed by atoms with Crippen LogP contribution in [-0.2, 0) is 24.5 Å². The molecule has 0 aromatic heterocycles. The van der Waals surface area contributed by atoms with Crippen LogP contribution >= 0.6 is 23.2 Å². The van der Waals surface area contributed by atoms with E-state index in [2.05, 4.69) is 43.3 Å².